The van der Waals surface area contributed by atoms with Crippen LogP contribution in [0, 0.1) is 5.92 Å². The first-order valence-electron chi connectivity index (χ1n) is 7.80. The summed E-state index contributed by atoms with van der Waals surface area (Å²) in [7, 11) is -1.26. The third-order valence-electron chi connectivity index (χ3n) is 4.78. The van der Waals surface area contributed by atoms with E-state index in [0.29, 0.717) is 17.4 Å². The van der Waals surface area contributed by atoms with Crippen LogP contribution in [-0.2, 0) is 16.4 Å². The molecule has 3 aliphatic heterocycles. The Morgan fingerprint density at radius 2 is 1.81 bits per heavy atom. The van der Waals surface area contributed by atoms with Gasteiger partial charge in [-0.2, -0.15) is 4.31 Å². The third-order valence-corrected chi connectivity index (χ3v) is 6.72. The molecule has 0 spiro atoms. The summed E-state index contributed by atoms with van der Waals surface area (Å²) in [4.78, 5) is 2.72. The monoisotopic (exact) mass is 308 g/mol. The molecule has 5 heteroatoms. The molecule has 116 valence electrons. The number of sulfonamides is 1. The number of hydrogen-bond donors (Lipinski definition) is 0. The fourth-order valence-electron chi connectivity index (χ4n) is 3.60. The molecule has 0 saturated carbocycles. The number of fused-ring (bicyclic) bond motifs is 4. The molecule has 3 heterocycles. The van der Waals surface area contributed by atoms with Crippen molar-refractivity contribution < 1.29 is 8.42 Å². The van der Waals surface area contributed by atoms with Gasteiger partial charge in [-0.15, -0.1) is 0 Å². The number of aryl methyl sites for hydroxylation is 1. The van der Waals surface area contributed by atoms with Crippen molar-refractivity contribution in [3.8, 4) is 0 Å². The Morgan fingerprint density at radius 1 is 1.10 bits per heavy atom. The second kappa shape index (κ2) is 5.71. The average Bonchev–Trinajstić information content (AvgIpc) is 2.76. The first kappa shape index (κ1) is 15.0. The Bertz CT molecular complexity index is 597. The zero-order valence-corrected chi connectivity index (χ0v) is 13.6. The van der Waals surface area contributed by atoms with E-state index in [0.717, 1.165) is 32.4 Å². The maximum Gasteiger partial charge on any atom is 0.243 e. The van der Waals surface area contributed by atoms with Gasteiger partial charge in [-0.05, 0) is 49.9 Å². The summed E-state index contributed by atoms with van der Waals surface area (Å²) in [5.41, 5.74) is 1.17. The van der Waals surface area contributed by atoms with Crippen LogP contribution in [-0.4, -0.2) is 50.3 Å². The van der Waals surface area contributed by atoms with Gasteiger partial charge in [-0.25, -0.2) is 8.42 Å². The van der Waals surface area contributed by atoms with Crippen LogP contribution >= 0.6 is 0 Å². The number of benzene rings is 1. The van der Waals surface area contributed by atoms with Gasteiger partial charge in [0.2, 0.25) is 10.0 Å². The van der Waals surface area contributed by atoms with Gasteiger partial charge in [0, 0.05) is 25.7 Å². The van der Waals surface area contributed by atoms with Crippen molar-refractivity contribution in [1.82, 2.24) is 9.21 Å². The van der Waals surface area contributed by atoms with E-state index in [4.69, 9.17) is 0 Å². The molecule has 4 nitrogen and oxygen atoms in total. The van der Waals surface area contributed by atoms with Gasteiger partial charge in [-0.1, -0.05) is 19.1 Å². The van der Waals surface area contributed by atoms with Crippen molar-refractivity contribution in [2.24, 2.45) is 5.92 Å². The molecule has 3 aliphatic rings. The molecular formula is C16H24N2O2S. The van der Waals surface area contributed by atoms with Gasteiger partial charge in [0.05, 0.1) is 4.90 Å². The van der Waals surface area contributed by atoms with Crippen molar-refractivity contribution >= 4 is 10.0 Å². The molecule has 3 fully saturated rings. The van der Waals surface area contributed by atoms with Crippen molar-refractivity contribution in [2.75, 3.05) is 26.7 Å². The molecular weight excluding hydrogens is 284 g/mol. The van der Waals surface area contributed by atoms with Gasteiger partial charge in [0.25, 0.3) is 0 Å². The molecule has 3 saturated heterocycles. The Labute approximate surface area is 127 Å². The first-order chi connectivity index (χ1) is 10.0. The van der Waals surface area contributed by atoms with Crippen LogP contribution in [0.15, 0.2) is 29.2 Å². The number of rotatable bonds is 3. The smallest absolute Gasteiger partial charge is 0.243 e. The van der Waals surface area contributed by atoms with Crippen LogP contribution in [0.4, 0.5) is 0 Å². The van der Waals surface area contributed by atoms with Gasteiger partial charge < -0.3 is 4.90 Å². The van der Waals surface area contributed by atoms with Crippen LogP contribution in [0.2, 0.25) is 0 Å². The molecule has 1 aromatic carbocycles. The van der Waals surface area contributed by atoms with E-state index in [1.165, 1.54) is 5.56 Å². The van der Waals surface area contributed by atoms with Crippen LogP contribution in [0.1, 0.15) is 25.3 Å². The Balaban J connectivity index is 1.90. The fraction of sp³-hybridized carbons (Fsp3) is 0.625. The number of likely N-dealkylation sites (N-methyl/N-ethyl adjacent to an activating group) is 1. The second-order valence-electron chi connectivity index (χ2n) is 6.39. The molecule has 0 N–H and O–H groups in total. The molecule has 21 heavy (non-hydrogen) atoms. The van der Waals surface area contributed by atoms with E-state index < -0.39 is 10.0 Å². The zero-order chi connectivity index (χ0) is 15.0. The summed E-state index contributed by atoms with van der Waals surface area (Å²) in [5.74, 6) is 0.471. The Morgan fingerprint density at radius 3 is 2.48 bits per heavy atom. The summed E-state index contributed by atoms with van der Waals surface area (Å²) in [6.07, 6.45) is 3.07. The Kier molecular flexibility index (Phi) is 4.08. The largest absolute Gasteiger partial charge is 0.304 e. The quantitative estimate of drug-likeness (QED) is 0.857. The molecule has 2 atom stereocenters. The van der Waals surface area contributed by atoms with E-state index >= 15 is 0 Å². The normalized spacial score (nSPS) is 27.7. The van der Waals surface area contributed by atoms with Crippen LogP contribution in [0.5, 0.6) is 0 Å². The highest BCUT2D eigenvalue weighted by Crippen LogP contribution is 2.31. The predicted octanol–water partition coefficient (Wildman–Crippen LogP) is 1.96. The van der Waals surface area contributed by atoms with E-state index in [1.807, 2.05) is 12.1 Å². The van der Waals surface area contributed by atoms with Crippen molar-refractivity contribution in [3.63, 3.8) is 0 Å². The molecule has 2 bridgehead atoms. The standard InChI is InChI=1S/C16H24N2O2S/c1-3-13-5-8-16(9-6-13)21(19,20)18-11-14-4-7-15(18)12-17(2)10-14/h5-6,8-9,14-15H,3-4,7,10-12H2,1-2H3/t14-,15+/m1/s1. The third kappa shape index (κ3) is 2.87. The minimum Gasteiger partial charge on any atom is -0.304 e. The summed E-state index contributed by atoms with van der Waals surface area (Å²) in [5, 5.41) is 0. The number of piperidine rings is 1. The van der Waals surface area contributed by atoms with Crippen molar-refractivity contribution in [3.05, 3.63) is 29.8 Å². The molecule has 0 aliphatic carbocycles. The molecule has 0 unspecified atom stereocenters. The topological polar surface area (TPSA) is 40.6 Å². The molecule has 0 radical (unpaired) electrons. The molecule has 4 rings (SSSR count). The second-order valence-corrected chi connectivity index (χ2v) is 8.28. The fourth-order valence-corrected chi connectivity index (χ4v) is 5.32. The van der Waals surface area contributed by atoms with Gasteiger partial charge >= 0.3 is 0 Å². The lowest BCUT2D eigenvalue weighted by Gasteiger charge is -2.35. The van der Waals surface area contributed by atoms with E-state index in [-0.39, 0.29) is 6.04 Å². The summed E-state index contributed by atoms with van der Waals surface area (Å²) in [6, 6.07) is 7.50. The van der Waals surface area contributed by atoms with Crippen molar-refractivity contribution in [1.29, 1.82) is 0 Å². The summed E-state index contributed by atoms with van der Waals surface area (Å²) in [6.45, 7) is 4.61. The molecule has 0 amide bonds. The predicted molar refractivity (Wildman–Crippen MR) is 83.7 cm³/mol. The van der Waals surface area contributed by atoms with Crippen molar-refractivity contribution in [2.45, 2.75) is 37.1 Å². The van der Waals surface area contributed by atoms with Crippen LogP contribution in [0.3, 0.4) is 0 Å². The maximum absolute atomic E-state index is 12.9. The minimum atomic E-state index is -3.36. The Hall–Kier alpha value is -0.910. The highest BCUT2D eigenvalue weighted by atomic mass is 32.2. The highest BCUT2D eigenvalue weighted by Gasteiger charge is 2.40. The lowest BCUT2D eigenvalue weighted by Crippen LogP contribution is -2.47. The summed E-state index contributed by atoms with van der Waals surface area (Å²) < 4.78 is 27.6. The highest BCUT2D eigenvalue weighted by molar-refractivity contribution is 7.89. The average molecular weight is 308 g/mol. The zero-order valence-electron chi connectivity index (χ0n) is 12.8. The minimum absolute atomic E-state index is 0.129. The van der Waals surface area contributed by atoms with Gasteiger partial charge in [0.1, 0.15) is 0 Å². The van der Waals surface area contributed by atoms with Gasteiger partial charge in [-0.3, -0.25) is 0 Å². The lowest BCUT2D eigenvalue weighted by molar-refractivity contribution is 0.229. The number of nitrogens with zero attached hydrogens (tertiary/aromatic N) is 2. The van der Waals surface area contributed by atoms with Gasteiger partial charge in [0.15, 0.2) is 0 Å². The van der Waals surface area contributed by atoms with E-state index in [1.54, 1.807) is 16.4 Å². The lowest BCUT2D eigenvalue weighted by atomic mass is 9.97. The van der Waals surface area contributed by atoms with Crippen LogP contribution < -0.4 is 0 Å². The number of hydrogen-bond acceptors (Lipinski definition) is 3. The van der Waals surface area contributed by atoms with E-state index in [2.05, 4.69) is 18.9 Å². The first-order valence-corrected chi connectivity index (χ1v) is 9.24. The molecule has 0 aromatic heterocycles. The molecule has 1 aromatic rings. The van der Waals surface area contributed by atoms with Crippen LogP contribution in [0.25, 0.3) is 0 Å². The maximum atomic E-state index is 12.9. The van der Waals surface area contributed by atoms with E-state index in [9.17, 15) is 8.42 Å². The summed E-state index contributed by atoms with van der Waals surface area (Å²) >= 11 is 0. The SMILES string of the molecule is CCc1ccc(S(=O)(=O)N2C[C@@H]3CC[C@H]2CN(C)C3)cc1.